The van der Waals surface area contributed by atoms with Gasteiger partial charge in [-0.25, -0.2) is 0 Å². The van der Waals surface area contributed by atoms with E-state index >= 15 is 0 Å². The zero-order valence-corrected chi connectivity index (χ0v) is 25.6. The summed E-state index contributed by atoms with van der Waals surface area (Å²) >= 11 is 0. The molecule has 1 atom stereocenters. The maximum Gasteiger partial charge on any atom is 0.0886 e. The van der Waals surface area contributed by atoms with E-state index in [9.17, 15) is 0 Å². The Bertz CT molecular complexity index is 1940. The molecule has 2 aliphatic rings. The van der Waals surface area contributed by atoms with Gasteiger partial charge >= 0.3 is 0 Å². The summed E-state index contributed by atoms with van der Waals surface area (Å²) in [4.78, 5) is 7.38. The molecule has 0 spiro atoms. The summed E-state index contributed by atoms with van der Waals surface area (Å²) in [6, 6.07) is 39.8. The van der Waals surface area contributed by atoms with Crippen LogP contribution in [0.15, 0.2) is 176 Å². The highest BCUT2D eigenvalue weighted by Gasteiger charge is 2.47. The summed E-state index contributed by atoms with van der Waals surface area (Å²) in [5.41, 5.74) is 12.9. The molecule has 2 nitrogen and oxygen atoms in total. The average molecular weight is 581 g/mol. The van der Waals surface area contributed by atoms with Gasteiger partial charge in [-0.1, -0.05) is 128 Å². The van der Waals surface area contributed by atoms with E-state index in [-0.39, 0.29) is 0 Å². The number of rotatable bonds is 6. The third kappa shape index (κ3) is 4.80. The van der Waals surface area contributed by atoms with Crippen LogP contribution in [0.4, 0.5) is 5.69 Å². The highest BCUT2D eigenvalue weighted by Crippen LogP contribution is 2.57. The molecule has 7 rings (SSSR count). The summed E-state index contributed by atoms with van der Waals surface area (Å²) in [7, 11) is 0. The van der Waals surface area contributed by atoms with Crippen LogP contribution in [-0.4, -0.2) is 11.5 Å². The summed E-state index contributed by atoms with van der Waals surface area (Å²) in [5.74, 6) is 0. The van der Waals surface area contributed by atoms with Crippen molar-refractivity contribution >= 4 is 5.69 Å². The lowest BCUT2D eigenvalue weighted by atomic mass is 9.69. The van der Waals surface area contributed by atoms with Gasteiger partial charge in [0.25, 0.3) is 0 Å². The number of benzene rings is 4. The van der Waals surface area contributed by atoms with Crippen molar-refractivity contribution < 1.29 is 0 Å². The molecule has 45 heavy (non-hydrogen) atoms. The number of allylic oxidation sites excluding steroid dienone is 7. The first-order chi connectivity index (χ1) is 22.3. The van der Waals surface area contributed by atoms with Crippen LogP contribution in [0.2, 0.25) is 0 Å². The SMILES string of the molecule is C=C/C=C(\C=C/C)N1C/C=C\C=C/Cc2cc(-c3cccc4c3-c3ccccc3C4(c3ccccc3)c3ccccn3)ccc21. The van der Waals surface area contributed by atoms with Crippen molar-refractivity contribution in [1.82, 2.24) is 4.98 Å². The molecular formula is C43H36N2. The number of fused-ring (bicyclic) bond motifs is 4. The van der Waals surface area contributed by atoms with Crippen molar-refractivity contribution in [1.29, 1.82) is 0 Å². The lowest BCUT2D eigenvalue weighted by Crippen LogP contribution is -2.29. The van der Waals surface area contributed by atoms with Gasteiger partial charge in [0.15, 0.2) is 0 Å². The number of nitrogens with zero attached hydrogens (tertiary/aromatic N) is 2. The summed E-state index contributed by atoms with van der Waals surface area (Å²) in [6.45, 7) is 6.82. The van der Waals surface area contributed by atoms with E-state index in [1.54, 1.807) is 0 Å². The Morgan fingerprint density at radius 3 is 2.40 bits per heavy atom. The minimum atomic E-state index is -0.520. The normalized spacial score (nSPS) is 18.7. The van der Waals surface area contributed by atoms with E-state index < -0.39 is 5.41 Å². The summed E-state index contributed by atoms with van der Waals surface area (Å²) < 4.78 is 0. The van der Waals surface area contributed by atoms with Crippen LogP contribution < -0.4 is 4.90 Å². The molecule has 2 heteroatoms. The molecule has 2 heterocycles. The number of pyridine rings is 1. The molecule has 0 fully saturated rings. The molecule has 0 bridgehead atoms. The molecule has 0 saturated carbocycles. The molecule has 1 unspecified atom stereocenters. The standard InChI is InChI=1S/C43H36N2/c1-3-17-35(18-4-2)45-30-15-6-5-8-19-33-31-32(27-28-40(33)45)36-23-16-25-39-42(36)37-22-11-12-24-38(37)43(39,34-20-9-7-10-21-34)41-26-13-14-29-44-41/h3-18,20-29,31H,1,19,30H2,2H3/b8-5-,15-6-,18-4-,35-17+. The number of hydrogen-bond donors (Lipinski definition) is 0. The maximum atomic E-state index is 5.01. The van der Waals surface area contributed by atoms with Gasteiger partial charge in [0.05, 0.1) is 11.1 Å². The monoisotopic (exact) mass is 580 g/mol. The molecule has 0 radical (unpaired) electrons. The lowest BCUT2D eigenvalue weighted by Gasteiger charge is -2.32. The van der Waals surface area contributed by atoms with Gasteiger partial charge in [0.2, 0.25) is 0 Å². The largest absolute Gasteiger partial charge is 0.337 e. The van der Waals surface area contributed by atoms with E-state index in [2.05, 4.69) is 164 Å². The average Bonchev–Trinajstić information content (AvgIpc) is 3.45. The molecule has 218 valence electrons. The van der Waals surface area contributed by atoms with Crippen molar-refractivity contribution in [2.75, 3.05) is 11.4 Å². The van der Waals surface area contributed by atoms with E-state index in [1.165, 1.54) is 50.2 Å². The second-order valence-electron chi connectivity index (χ2n) is 11.4. The van der Waals surface area contributed by atoms with Crippen molar-refractivity contribution in [2.24, 2.45) is 0 Å². The Balaban J connectivity index is 1.47. The fraction of sp³-hybridized carbons (Fsp3) is 0.0930. The predicted octanol–water partition coefficient (Wildman–Crippen LogP) is 10.2. The third-order valence-corrected chi connectivity index (χ3v) is 8.95. The van der Waals surface area contributed by atoms with Crippen molar-refractivity contribution in [3.8, 4) is 22.3 Å². The minimum absolute atomic E-state index is 0.520. The van der Waals surface area contributed by atoms with Gasteiger partial charge in [-0.15, -0.1) is 0 Å². The maximum absolute atomic E-state index is 5.01. The predicted molar refractivity (Wildman–Crippen MR) is 189 cm³/mol. The first-order valence-electron chi connectivity index (χ1n) is 15.7. The highest BCUT2D eigenvalue weighted by molar-refractivity contribution is 5.95. The third-order valence-electron chi connectivity index (χ3n) is 8.95. The smallest absolute Gasteiger partial charge is 0.0886 e. The Kier molecular flexibility index (Phi) is 7.71. The van der Waals surface area contributed by atoms with Gasteiger partial charge in [0, 0.05) is 24.1 Å². The fourth-order valence-electron chi connectivity index (χ4n) is 7.14. The number of aromatic nitrogens is 1. The van der Waals surface area contributed by atoms with E-state index in [4.69, 9.17) is 4.98 Å². The first kappa shape index (κ1) is 28.3. The molecule has 5 aromatic rings. The quantitative estimate of drug-likeness (QED) is 0.182. The van der Waals surface area contributed by atoms with Crippen molar-refractivity contribution in [2.45, 2.75) is 18.8 Å². The van der Waals surface area contributed by atoms with E-state index in [0.29, 0.717) is 0 Å². The second kappa shape index (κ2) is 12.3. The zero-order valence-electron chi connectivity index (χ0n) is 25.6. The van der Waals surface area contributed by atoms with Gasteiger partial charge in [-0.3, -0.25) is 4.98 Å². The Labute approximate surface area is 266 Å². The molecule has 1 aromatic heterocycles. The number of anilines is 1. The fourth-order valence-corrected chi connectivity index (χ4v) is 7.14. The van der Waals surface area contributed by atoms with Gasteiger partial charge in [0.1, 0.15) is 0 Å². The molecule has 1 aliphatic heterocycles. The van der Waals surface area contributed by atoms with E-state index in [1.807, 2.05) is 18.3 Å². The topological polar surface area (TPSA) is 16.1 Å². The second-order valence-corrected chi connectivity index (χ2v) is 11.4. The Morgan fingerprint density at radius 1 is 0.800 bits per heavy atom. The molecule has 0 amide bonds. The van der Waals surface area contributed by atoms with Crippen molar-refractivity contribution in [3.63, 3.8) is 0 Å². The van der Waals surface area contributed by atoms with Gasteiger partial charge in [-0.05, 0) is 94.3 Å². The van der Waals surface area contributed by atoms with Gasteiger partial charge in [-0.2, -0.15) is 0 Å². The van der Waals surface area contributed by atoms with E-state index in [0.717, 1.165) is 24.4 Å². The number of hydrogen-bond acceptors (Lipinski definition) is 2. The molecule has 1 aliphatic carbocycles. The molecule has 0 saturated heterocycles. The zero-order chi connectivity index (χ0) is 30.6. The summed E-state index contributed by atoms with van der Waals surface area (Å²) in [5, 5.41) is 0. The molecule has 4 aromatic carbocycles. The molecule has 0 N–H and O–H groups in total. The van der Waals surface area contributed by atoms with Crippen LogP contribution in [0.3, 0.4) is 0 Å². The van der Waals surface area contributed by atoms with Crippen LogP contribution in [0.1, 0.15) is 34.9 Å². The Morgan fingerprint density at radius 2 is 1.58 bits per heavy atom. The lowest BCUT2D eigenvalue weighted by molar-refractivity contribution is 0.735. The van der Waals surface area contributed by atoms with Crippen molar-refractivity contribution in [3.05, 3.63) is 204 Å². The van der Waals surface area contributed by atoms with Crippen LogP contribution in [0.25, 0.3) is 22.3 Å². The van der Waals surface area contributed by atoms with Crippen LogP contribution in [0.5, 0.6) is 0 Å². The van der Waals surface area contributed by atoms with Crippen LogP contribution in [0, 0.1) is 0 Å². The highest BCUT2D eigenvalue weighted by atomic mass is 15.1. The van der Waals surface area contributed by atoms with Gasteiger partial charge < -0.3 is 4.90 Å². The Hall–Kier alpha value is -5.47. The minimum Gasteiger partial charge on any atom is -0.337 e. The molecular weight excluding hydrogens is 544 g/mol. The van der Waals surface area contributed by atoms with Crippen LogP contribution >= 0.6 is 0 Å². The summed E-state index contributed by atoms with van der Waals surface area (Å²) in [6.07, 6.45) is 19.7. The van der Waals surface area contributed by atoms with Crippen LogP contribution in [-0.2, 0) is 11.8 Å². The first-order valence-corrected chi connectivity index (χ1v) is 15.7.